The van der Waals surface area contributed by atoms with Crippen LogP contribution in [0.1, 0.15) is 27.2 Å². The summed E-state index contributed by atoms with van der Waals surface area (Å²) in [5, 5.41) is 4.23. The van der Waals surface area contributed by atoms with Crippen molar-refractivity contribution in [3.63, 3.8) is 0 Å². The second kappa shape index (κ2) is 8.63. The highest BCUT2D eigenvalue weighted by Crippen LogP contribution is 2.31. The monoisotopic (exact) mass is 407 g/mol. The predicted molar refractivity (Wildman–Crippen MR) is 82.8 cm³/mol. The Morgan fingerprint density at radius 3 is 2.04 bits per heavy atom. The molecule has 0 spiro atoms. The highest BCUT2D eigenvalue weighted by atomic mass is 19.4. The fourth-order valence-electron chi connectivity index (χ4n) is 2.54. The van der Waals surface area contributed by atoms with Crippen molar-refractivity contribution in [1.29, 1.82) is 0 Å². The number of halogens is 6. The van der Waals surface area contributed by atoms with E-state index in [4.69, 9.17) is 4.74 Å². The van der Waals surface area contributed by atoms with Gasteiger partial charge in [-0.3, -0.25) is 4.79 Å². The van der Waals surface area contributed by atoms with Gasteiger partial charge in [0.05, 0.1) is 25.0 Å². The minimum Gasteiger partial charge on any atom is -0.443 e. The molecule has 6 nitrogen and oxygen atoms in total. The number of hydrogen-bond acceptors (Lipinski definition) is 5. The topological polar surface area (TPSA) is 70.7 Å². The number of amides is 2. The maximum absolute atomic E-state index is 12.3. The molecule has 0 aromatic heterocycles. The second-order valence-corrected chi connectivity index (χ2v) is 7.19. The fourth-order valence-corrected chi connectivity index (χ4v) is 2.54. The summed E-state index contributed by atoms with van der Waals surface area (Å²) in [5.41, 5.74) is -0.916. The van der Waals surface area contributed by atoms with Gasteiger partial charge < -0.3 is 15.4 Å². The van der Waals surface area contributed by atoms with Gasteiger partial charge >= 0.3 is 18.4 Å². The molecule has 1 aliphatic rings. The summed E-state index contributed by atoms with van der Waals surface area (Å²) < 4.78 is 78.3. The molecular formula is C15H23F6N3O3. The highest BCUT2D eigenvalue weighted by Gasteiger charge is 2.51. The molecule has 2 amide bonds. The van der Waals surface area contributed by atoms with Gasteiger partial charge in [0.1, 0.15) is 5.60 Å². The molecule has 0 aliphatic carbocycles. The molecule has 1 aliphatic heterocycles. The van der Waals surface area contributed by atoms with Crippen molar-refractivity contribution in [2.24, 2.45) is 5.92 Å². The quantitative estimate of drug-likeness (QED) is 0.386. The molecular weight excluding hydrogens is 384 g/mol. The van der Waals surface area contributed by atoms with E-state index in [1.165, 1.54) is 0 Å². The predicted octanol–water partition coefficient (Wildman–Crippen LogP) is 2.44. The molecule has 1 rings (SSSR count). The number of ether oxygens (including phenoxy) is 1. The highest BCUT2D eigenvalue weighted by molar-refractivity contribution is 5.99. The molecule has 1 saturated heterocycles. The lowest BCUT2D eigenvalue weighted by molar-refractivity contribution is -0.154. The molecule has 0 saturated carbocycles. The van der Waals surface area contributed by atoms with Crippen molar-refractivity contribution < 1.29 is 40.7 Å². The minimum atomic E-state index is -4.48. The van der Waals surface area contributed by atoms with Crippen LogP contribution in [0, 0.1) is 5.92 Å². The maximum Gasteiger partial charge on any atom is 0.417 e. The van der Waals surface area contributed by atoms with Crippen LogP contribution in [-0.2, 0) is 9.53 Å². The third kappa shape index (κ3) is 8.33. The van der Waals surface area contributed by atoms with E-state index in [-0.39, 0.29) is 19.5 Å². The maximum atomic E-state index is 12.3. The van der Waals surface area contributed by atoms with E-state index < -0.39 is 55.0 Å². The van der Waals surface area contributed by atoms with Gasteiger partial charge in [-0.25, -0.2) is 9.69 Å². The lowest BCUT2D eigenvalue weighted by atomic mass is 9.84. The number of imide groups is 1. The molecule has 158 valence electrons. The number of β-lactam (4-membered cyclic amide) rings is 1. The summed E-state index contributed by atoms with van der Waals surface area (Å²) in [6, 6.07) is -0.928. The van der Waals surface area contributed by atoms with Gasteiger partial charge in [0, 0.05) is 6.54 Å². The van der Waals surface area contributed by atoms with Crippen molar-refractivity contribution >= 4 is 12.0 Å². The van der Waals surface area contributed by atoms with E-state index >= 15 is 0 Å². The molecule has 12 heteroatoms. The zero-order valence-electron chi connectivity index (χ0n) is 15.1. The summed E-state index contributed by atoms with van der Waals surface area (Å²) in [7, 11) is 0. The lowest BCUT2D eigenvalue weighted by Gasteiger charge is -2.45. The van der Waals surface area contributed by atoms with Crippen LogP contribution in [0.2, 0.25) is 0 Å². The number of nitrogens with zero attached hydrogens (tertiary/aromatic N) is 1. The van der Waals surface area contributed by atoms with Crippen LogP contribution in [-0.4, -0.2) is 67.1 Å². The van der Waals surface area contributed by atoms with Crippen LogP contribution in [0.4, 0.5) is 31.1 Å². The lowest BCUT2D eigenvalue weighted by Crippen LogP contribution is -2.67. The van der Waals surface area contributed by atoms with Gasteiger partial charge in [-0.05, 0) is 33.7 Å². The van der Waals surface area contributed by atoms with Crippen LogP contribution >= 0.6 is 0 Å². The third-order valence-electron chi connectivity index (χ3n) is 3.58. The van der Waals surface area contributed by atoms with Gasteiger partial charge in [0.2, 0.25) is 5.91 Å². The van der Waals surface area contributed by atoms with Crippen molar-refractivity contribution in [2.45, 2.75) is 51.2 Å². The number of carbonyl (C=O) groups is 2. The van der Waals surface area contributed by atoms with Gasteiger partial charge in [-0.2, -0.15) is 26.3 Å². The molecule has 2 atom stereocenters. The molecule has 1 heterocycles. The normalized spacial score (nSPS) is 21.2. The summed E-state index contributed by atoms with van der Waals surface area (Å²) in [4.78, 5) is 25.0. The van der Waals surface area contributed by atoms with Crippen molar-refractivity contribution in [2.75, 3.05) is 26.2 Å². The molecule has 1 fully saturated rings. The van der Waals surface area contributed by atoms with Gasteiger partial charge in [-0.1, -0.05) is 0 Å². The summed E-state index contributed by atoms with van der Waals surface area (Å²) in [6.07, 6.45) is -9.94. The molecule has 0 aromatic carbocycles. The number of alkyl halides is 6. The van der Waals surface area contributed by atoms with Crippen LogP contribution in [0.5, 0.6) is 0 Å². The fraction of sp³-hybridized carbons (Fsp3) is 0.867. The van der Waals surface area contributed by atoms with E-state index in [1.54, 1.807) is 20.8 Å². The van der Waals surface area contributed by atoms with Crippen LogP contribution in [0.3, 0.4) is 0 Å². The molecule has 0 aromatic rings. The van der Waals surface area contributed by atoms with E-state index in [1.807, 2.05) is 0 Å². The van der Waals surface area contributed by atoms with Gasteiger partial charge in [0.15, 0.2) is 0 Å². The largest absolute Gasteiger partial charge is 0.443 e. The van der Waals surface area contributed by atoms with Gasteiger partial charge in [-0.15, -0.1) is 0 Å². The minimum absolute atomic E-state index is 0.0490. The van der Waals surface area contributed by atoms with Crippen LogP contribution in [0.25, 0.3) is 0 Å². The number of rotatable bonds is 7. The summed E-state index contributed by atoms with van der Waals surface area (Å²) >= 11 is 0. The second-order valence-electron chi connectivity index (χ2n) is 7.19. The Bertz CT molecular complexity index is 530. The van der Waals surface area contributed by atoms with E-state index in [2.05, 4.69) is 10.6 Å². The van der Waals surface area contributed by atoms with Crippen molar-refractivity contribution in [3.05, 3.63) is 0 Å². The van der Waals surface area contributed by atoms with Crippen molar-refractivity contribution in [3.8, 4) is 0 Å². The van der Waals surface area contributed by atoms with Crippen LogP contribution < -0.4 is 10.6 Å². The summed E-state index contributed by atoms with van der Waals surface area (Å²) in [6.45, 7) is 1.60. The molecule has 0 radical (unpaired) electrons. The first-order valence-electron chi connectivity index (χ1n) is 8.22. The van der Waals surface area contributed by atoms with Crippen molar-refractivity contribution in [1.82, 2.24) is 15.5 Å². The Morgan fingerprint density at radius 1 is 1.04 bits per heavy atom. The Kier molecular flexibility index (Phi) is 7.51. The van der Waals surface area contributed by atoms with Crippen LogP contribution in [0.15, 0.2) is 0 Å². The van der Waals surface area contributed by atoms with E-state index in [0.717, 1.165) is 0 Å². The summed E-state index contributed by atoms with van der Waals surface area (Å²) in [5.74, 6) is -1.56. The average molecular weight is 407 g/mol. The third-order valence-corrected chi connectivity index (χ3v) is 3.58. The zero-order chi connectivity index (χ0) is 21.0. The Balaban J connectivity index is 2.68. The average Bonchev–Trinajstić information content (AvgIpc) is 2.41. The molecule has 0 unspecified atom stereocenters. The molecule has 2 N–H and O–H groups in total. The number of carbonyl (C=O) groups excluding carboxylic acids is 2. The standard InChI is InChI=1S/C15H23F6N3O3/c1-13(2,3)27-12(26)24-10(6-23-8-15(19,20)21)9(11(24)25)4-5-22-7-14(16,17)18/h9-10,22-23H,4-8H2,1-3H3/t9-,10+/m0/s1. The number of hydrogen-bond donors (Lipinski definition) is 2. The van der Waals surface area contributed by atoms with E-state index in [9.17, 15) is 35.9 Å². The molecule has 27 heavy (non-hydrogen) atoms. The van der Waals surface area contributed by atoms with Gasteiger partial charge in [0.25, 0.3) is 0 Å². The number of nitrogens with one attached hydrogen (secondary N) is 2. The number of likely N-dealkylation sites (tertiary alicyclic amines) is 1. The zero-order valence-corrected chi connectivity index (χ0v) is 15.1. The smallest absolute Gasteiger partial charge is 0.417 e. The van der Waals surface area contributed by atoms with E-state index in [0.29, 0.717) is 4.90 Å². The Hall–Kier alpha value is -1.56. The first-order valence-corrected chi connectivity index (χ1v) is 8.22. The SMILES string of the molecule is CC(C)(C)OC(=O)N1C(=O)[C@@H](CCNCC(F)(F)F)[C@H]1CNCC(F)(F)F. The first-order chi connectivity index (χ1) is 12.1. The molecule has 0 bridgehead atoms. The Labute approximate surface area is 152 Å². The first kappa shape index (κ1) is 23.5. The Morgan fingerprint density at radius 2 is 1.56 bits per heavy atom.